The van der Waals surface area contributed by atoms with Crippen molar-refractivity contribution in [2.24, 2.45) is 0 Å². The van der Waals surface area contributed by atoms with Crippen LogP contribution < -0.4 is 0 Å². The molecule has 92 valence electrons. The normalized spacial score (nSPS) is 10.8. The van der Waals surface area contributed by atoms with E-state index in [1.807, 2.05) is 12.1 Å². The van der Waals surface area contributed by atoms with E-state index in [-0.39, 0.29) is 0 Å². The average molecular weight is 254 g/mol. The van der Waals surface area contributed by atoms with E-state index in [1.165, 1.54) is 0 Å². The second-order valence-electron chi connectivity index (χ2n) is 3.90. The zero-order valence-electron chi connectivity index (χ0n) is 9.58. The van der Waals surface area contributed by atoms with Crippen molar-refractivity contribution in [1.29, 1.82) is 0 Å². The van der Waals surface area contributed by atoms with Crippen LogP contribution in [0.4, 0.5) is 0 Å². The van der Waals surface area contributed by atoms with Crippen molar-refractivity contribution in [2.45, 2.75) is 29.9 Å². The molecule has 2 N–H and O–H groups in total. The highest BCUT2D eigenvalue weighted by atomic mass is 32.2. The smallest absolute Gasteiger partial charge is 0.328 e. The van der Waals surface area contributed by atoms with Crippen LogP contribution in [0.3, 0.4) is 0 Å². The molecule has 0 radical (unpaired) electrons. The highest BCUT2D eigenvalue weighted by molar-refractivity contribution is 8.01. The highest BCUT2D eigenvalue weighted by Gasteiger charge is 2.26. The summed E-state index contributed by atoms with van der Waals surface area (Å²) < 4.78 is 0. The Bertz CT molecular complexity index is 397. The summed E-state index contributed by atoms with van der Waals surface area (Å²) in [6.07, 6.45) is 0. The third-order valence-corrected chi connectivity index (χ3v) is 3.43. The summed E-state index contributed by atoms with van der Waals surface area (Å²) in [6.45, 7) is 4.11. The highest BCUT2D eigenvalue weighted by Crippen LogP contribution is 2.25. The summed E-state index contributed by atoms with van der Waals surface area (Å²) in [5.41, 5.74) is 1.14. The van der Waals surface area contributed by atoms with Gasteiger partial charge in [-0.25, -0.2) is 0 Å². The quantitative estimate of drug-likeness (QED) is 0.623. The second kappa shape index (κ2) is 5.72. The lowest BCUT2D eigenvalue weighted by atomic mass is 10.0. The van der Waals surface area contributed by atoms with E-state index < -0.39 is 17.2 Å². The van der Waals surface area contributed by atoms with Crippen molar-refractivity contribution in [3.8, 4) is 0 Å². The first-order valence-corrected chi connectivity index (χ1v) is 6.02. The van der Waals surface area contributed by atoms with E-state index in [4.69, 9.17) is 10.2 Å². The average Bonchev–Trinajstić information content (AvgIpc) is 2.25. The Balaban J connectivity index is 2.80. The van der Waals surface area contributed by atoms with Gasteiger partial charge in [-0.1, -0.05) is 37.7 Å². The maximum absolute atomic E-state index is 10.7. The Kier molecular flexibility index (Phi) is 4.57. The summed E-state index contributed by atoms with van der Waals surface area (Å²) >= 11 is 0.826. The van der Waals surface area contributed by atoms with Crippen LogP contribution in [0.25, 0.3) is 0 Å². The maximum Gasteiger partial charge on any atom is 0.328 e. The van der Waals surface area contributed by atoms with Crippen LogP contribution in [0.5, 0.6) is 0 Å². The van der Waals surface area contributed by atoms with E-state index in [0.29, 0.717) is 10.8 Å². The van der Waals surface area contributed by atoms with Crippen LogP contribution in [0.1, 0.15) is 25.3 Å². The van der Waals surface area contributed by atoms with E-state index >= 15 is 0 Å². The first-order chi connectivity index (χ1) is 7.91. The Labute approximate surface area is 104 Å². The van der Waals surface area contributed by atoms with Gasteiger partial charge in [0.2, 0.25) is 5.25 Å². The van der Waals surface area contributed by atoms with Crippen molar-refractivity contribution >= 4 is 23.7 Å². The van der Waals surface area contributed by atoms with Crippen LogP contribution in [0, 0.1) is 0 Å². The maximum atomic E-state index is 10.7. The van der Waals surface area contributed by atoms with Gasteiger partial charge in [0.05, 0.1) is 0 Å². The molecule has 1 aromatic carbocycles. The number of carboxylic acids is 2. The minimum Gasteiger partial charge on any atom is -0.480 e. The molecule has 0 unspecified atom stereocenters. The molecular formula is C12H14O4S. The summed E-state index contributed by atoms with van der Waals surface area (Å²) in [6, 6.07) is 7.26. The molecule has 0 bridgehead atoms. The Hall–Kier alpha value is -1.49. The number of thioether (sulfide) groups is 1. The van der Waals surface area contributed by atoms with Gasteiger partial charge in [-0.3, -0.25) is 9.59 Å². The molecule has 0 atom stereocenters. The fraction of sp³-hybridized carbons (Fsp3) is 0.333. The summed E-state index contributed by atoms with van der Waals surface area (Å²) in [7, 11) is 0. The zero-order valence-corrected chi connectivity index (χ0v) is 10.4. The third kappa shape index (κ3) is 3.78. The number of hydrogen-bond acceptors (Lipinski definition) is 3. The molecular weight excluding hydrogens is 240 g/mol. The molecule has 0 saturated heterocycles. The molecule has 1 rings (SSSR count). The van der Waals surface area contributed by atoms with Crippen molar-refractivity contribution in [2.75, 3.05) is 0 Å². The van der Waals surface area contributed by atoms with Crippen molar-refractivity contribution < 1.29 is 19.8 Å². The van der Waals surface area contributed by atoms with Gasteiger partial charge in [0.1, 0.15) is 0 Å². The van der Waals surface area contributed by atoms with Crippen molar-refractivity contribution in [3.05, 3.63) is 29.8 Å². The first kappa shape index (κ1) is 13.6. The lowest BCUT2D eigenvalue weighted by molar-refractivity contribution is -0.146. The number of carboxylic acid groups (broad SMARTS) is 2. The van der Waals surface area contributed by atoms with Gasteiger partial charge >= 0.3 is 11.9 Å². The van der Waals surface area contributed by atoms with E-state index in [9.17, 15) is 9.59 Å². The lowest BCUT2D eigenvalue weighted by Crippen LogP contribution is -2.25. The number of aliphatic carboxylic acids is 2. The van der Waals surface area contributed by atoms with Crippen LogP contribution in [0.2, 0.25) is 0 Å². The van der Waals surface area contributed by atoms with Crippen LogP contribution in [-0.4, -0.2) is 27.4 Å². The SMILES string of the molecule is CC(C)c1ccc(SC(C(=O)O)C(=O)O)cc1. The Morgan fingerprint density at radius 1 is 1.06 bits per heavy atom. The van der Waals surface area contributed by atoms with Gasteiger partial charge in [0, 0.05) is 4.90 Å². The molecule has 0 saturated carbocycles. The van der Waals surface area contributed by atoms with Crippen molar-refractivity contribution in [1.82, 2.24) is 0 Å². The molecule has 0 aliphatic heterocycles. The van der Waals surface area contributed by atoms with Crippen molar-refractivity contribution in [3.63, 3.8) is 0 Å². The van der Waals surface area contributed by atoms with Gasteiger partial charge in [0.15, 0.2) is 0 Å². The van der Waals surface area contributed by atoms with Crippen LogP contribution in [0.15, 0.2) is 29.2 Å². The third-order valence-electron chi connectivity index (χ3n) is 2.25. The molecule has 0 spiro atoms. The van der Waals surface area contributed by atoms with Gasteiger partial charge in [-0.2, -0.15) is 0 Å². The predicted octanol–water partition coefficient (Wildman–Crippen LogP) is 2.44. The lowest BCUT2D eigenvalue weighted by Gasteiger charge is -2.09. The van der Waals surface area contributed by atoms with E-state index in [0.717, 1.165) is 17.3 Å². The molecule has 4 nitrogen and oxygen atoms in total. The molecule has 0 aliphatic rings. The fourth-order valence-electron chi connectivity index (χ4n) is 1.27. The summed E-state index contributed by atoms with van der Waals surface area (Å²) in [5, 5.41) is 16.0. The fourth-order valence-corrected chi connectivity index (χ4v) is 2.04. The van der Waals surface area contributed by atoms with E-state index in [1.54, 1.807) is 12.1 Å². The van der Waals surface area contributed by atoms with E-state index in [2.05, 4.69) is 13.8 Å². The monoisotopic (exact) mass is 254 g/mol. The topological polar surface area (TPSA) is 74.6 Å². The number of hydrogen-bond donors (Lipinski definition) is 2. The molecule has 17 heavy (non-hydrogen) atoms. The molecule has 0 fully saturated rings. The molecule has 0 aliphatic carbocycles. The number of rotatable bonds is 5. The zero-order chi connectivity index (χ0) is 13.0. The molecule has 5 heteroatoms. The Morgan fingerprint density at radius 2 is 1.53 bits per heavy atom. The summed E-state index contributed by atoms with van der Waals surface area (Å²) in [4.78, 5) is 22.1. The van der Waals surface area contributed by atoms with Gasteiger partial charge in [-0.05, 0) is 23.6 Å². The largest absolute Gasteiger partial charge is 0.480 e. The van der Waals surface area contributed by atoms with Crippen LogP contribution >= 0.6 is 11.8 Å². The van der Waals surface area contributed by atoms with Gasteiger partial charge in [0.25, 0.3) is 0 Å². The summed E-state index contributed by atoms with van der Waals surface area (Å²) in [5.74, 6) is -2.28. The van der Waals surface area contributed by atoms with Gasteiger partial charge < -0.3 is 10.2 Å². The number of benzene rings is 1. The first-order valence-electron chi connectivity index (χ1n) is 5.14. The van der Waals surface area contributed by atoms with Crippen LogP contribution in [-0.2, 0) is 9.59 Å². The standard InChI is InChI=1S/C12H14O4S/c1-7(2)8-3-5-9(6-4-8)17-10(11(13)14)12(15)16/h3-7,10H,1-2H3,(H,13,14)(H,15,16). The molecule has 0 aromatic heterocycles. The molecule has 0 amide bonds. The molecule has 1 aromatic rings. The number of carbonyl (C=O) groups is 2. The minimum absolute atomic E-state index is 0.392. The Morgan fingerprint density at radius 3 is 1.88 bits per heavy atom. The molecule has 0 heterocycles. The second-order valence-corrected chi connectivity index (χ2v) is 5.08. The van der Waals surface area contributed by atoms with Gasteiger partial charge in [-0.15, -0.1) is 0 Å². The minimum atomic E-state index is -1.46. The predicted molar refractivity (Wildman–Crippen MR) is 65.4 cm³/mol.